The normalized spacial score (nSPS) is 12.5. The summed E-state index contributed by atoms with van der Waals surface area (Å²) in [5, 5.41) is 2.76. The van der Waals surface area contributed by atoms with E-state index < -0.39 is 0 Å². The average molecular weight is 188 g/mol. The molecule has 0 heterocycles. The molecular weight excluding hydrogens is 168 g/mol. The van der Waals surface area contributed by atoms with E-state index in [4.69, 9.17) is 10.5 Å². The Balaban J connectivity index is 3.45. The minimum atomic E-state index is -0.363. The summed E-state index contributed by atoms with van der Waals surface area (Å²) in [7, 11) is 0. The smallest absolute Gasteiger partial charge is 0.248 e. The van der Waals surface area contributed by atoms with Crippen LogP contribution in [0.25, 0.3) is 0 Å². The Labute approximate surface area is 79.8 Å². The van der Waals surface area contributed by atoms with Gasteiger partial charge in [-0.2, -0.15) is 0 Å². The molecule has 0 fully saturated rings. The second-order valence-corrected chi connectivity index (χ2v) is 2.95. The van der Waals surface area contributed by atoms with E-state index in [-0.39, 0.29) is 12.0 Å². The third kappa shape index (κ3) is 6.54. The van der Waals surface area contributed by atoms with Crippen LogP contribution in [0, 0.1) is 0 Å². The maximum absolute atomic E-state index is 11.2. The quantitative estimate of drug-likeness (QED) is 0.563. The molecule has 13 heavy (non-hydrogen) atoms. The Kier molecular flexibility index (Phi) is 7.63. The van der Waals surface area contributed by atoms with Crippen molar-refractivity contribution in [3.63, 3.8) is 0 Å². The predicted molar refractivity (Wildman–Crippen MR) is 52.4 cm³/mol. The second-order valence-electron chi connectivity index (χ2n) is 2.95. The van der Waals surface area contributed by atoms with Crippen molar-refractivity contribution in [2.75, 3.05) is 19.7 Å². The van der Waals surface area contributed by atoms with Crippen molar-refractivity contribution in [3.8, 4) is 0 Å². The number of hydrogen-bond donors (Lipinski definition) is 2. The van der Waals surface area contributed by atoms with Gasteiger partial charge in [-0.3, -0.25) is 4.79 Å². The predicted octanol–water partition coefficient (Wildman–Crippen LogP) is 0.267. The van der Waals surface area contributed by atoms with Gasteiger partial charge in [0, 0.05) is 13.2 Å². The standard InChI is InChI=1S/C9H20N2O2/c1-3-6-11-9(12)8(2)13-7-4-5-10/h8H,3-7,10H2,1-2H3,(H,11,12). The van der Waals surface area contributed by atoms with Crippen LogP contribution in [0.1, 0.15) is 26.7 Å². The van der Waals surface area contributed by atoms with E-state index in [0.717, 1.165) is 12.8 Å². The van der Waals surface area contributed by atoms with Crippen LogP contribution in [0.3, 0.4) is 0 Å². The summed E-state index contributed by atoms with van der Waals surface area (Å²) in [6.45, 7) is 5.63. The lowest BCUT2D eigenvalue weighted by Gasteiger charge is -2.12. The molecule has 0 spiro atoms. The maximum Gasteiger partial charge on any atom is 0.248 e. The van der Waals surface area contributed by atoms with Gasteiger partial charge in [0.2, 0.25) is 5.91 Å². The molecule has 0 aromatic carbocycles. The summed E-state index contributed by atoms with van der Waals surface area (Å²) >= 11 is 0. The second kappa shape index (κ2) is 8.01. The third-order valence-corrected chi connectivity index (χ3v) is 1.63. The van der Waals surface area contributed by atoms with E-state index in [1.54, 1.807) is 6.92 Å². The minimum Gasteiger partial charge on any atom is -0.369 e. The van der Waals surface area contributed by atoms with Gasteiger partial charge in [0.25, 0.3) is 0 Å². The summed E-state index contributed by atoms with van der Waals surface area (Å²) in [4.78, 5) is 11.2. The van der Waals surface area contributed by atoms with Crippen molar-refractivity contribution in [1.29, 1.82) is 0 Å². The largest absolute Gasteiger partial charge is 0.369 e. The van der Waals surface area contributed by atoms with Crippen LogP contribution < -0.4 is 11.1 Å². The number of hydrogen-bond acceptors (Lipinski definition) is 3. The zero-order valence-electron chi connectivity index (χ0n) is 8.51. The molecule has 78 valence electrons. The van der Waals surface area contributed by atoms with E-state index in [1.807, 2.05) is 6.92 Å². The van der Waals surface area contributed by atoms with Crippen molar-refractivity contribution < 1.29 is 9.53 Å². The first-order valence-electron chi connectivity index (χ1n) is 4.81. The zero-order chi connectivity index (χ0) is 10.1. The van der Waals surface area contributed by atoms with Crippen LogP contribution in [-0.2, 0) is 9.53 Å². The number of carbonyl (C=O) groups is 1. The number of rotatable bonds is 7. The molecule has 0 rings (SSSR count). The summed E-state index contributed by atoms with van der Waals surface area (Å²) in [5.41, 5.74) is 5.29. The van der Waals surface area contributed by atoms with E-state index in [9.17, 15) is 4.79 Å². The van der Waals surface area contributed by atoms with Crippen LogP contribution >= 0.6 is 0 Å². The fourth-order valence-electron chi connectivity index (χ4n) is 0.811. The van der Waals surface area contributed by atoms with Crippen LogP contribution in [0.2, 0.25) is 0 Å². The Morgan fingerprint density at radius 1 is 1.62 bits per heavy atom. The number of amides is 1. The number of carbonyl (C=O) groups excluding carboxylic acids is 1. The Morgan fingerprint density at radius 2 is 2.31 bits per heavy atom. The lowest BCUT2D eigenvalue weighted by atomic mass is 10.3. The molecule has 3 N–H and O–H groups in total. The number of ether oxygens (including phenoxy) is 1. The summed E-state index contributed by atoms with van der Waals surface area (Å²) in [6.07, 6.45) is 1.38. The highest BCUT2D eigenvalue weighted by Gasteiger charge is 2.11. The van der Waals surface area contributed by atoms with E-state index in [2.05, 4.69) is 5.32 Å². The molecule has 0 saturated heterocycles. The topological polar surface area (TPSA) is 64.3 Å². The minimum absolute atomic E-state index is 0.0427. The third-order valence-electron chi connectivity index (χ3n) is 1.63. The van der Waals surface area contributed by atoms with Crippen LogP contribution in [0.15, 0.2) is 0 Å². The highest BCUT2D eigenvalue weighted by molar-refractivity contribution is 5.80. The van der Waals surface area contributed by atoms with Crippen molar-refractivity contribution in [2.24, 2.45) is 5.73 Å². The van der Waals surface area contributed by atoms with Gasteiger partial charge in [-0.1, -0.05) is 6.92 Å². The van der Waals surface area contributed by atoms with Crippen LogP contribution in [0.5, 0.6) is 0 Å². The highest BCUT2D eigenvalue weighted by atomic mass is 16.5. The van der Waals surface area contributed by atoms with Gasteiger partial charge in [0.15, 0.2) is 0 Å². The maximum atomic E-state index is 11.2. The van der Waals surface area contributed by atoms with Crippen LogP contribution in [-0.4, -0.2) is 31.7 Å². The SMILES string of the molecule is CCCNC(=O)C(C)OCCCN. The fourth-order valence-corrected chi connectivity index (χ4v) is 0.811. The number of nitrogens with two attached hydrogens (primary N) is 1. The molecular formula is C9H20N2O2. The van der Waals surface area contributed by atoms with Crippen molar-refractivity contribution in [1.82, 2.24) is 5.32 Å². The zero-order valence-corrected chi connectivity index (χ0v) is 8.51. The van der Waals surface area contributed by atoms with Gasteiger partial charge >= 0.3 is 0 Å². The Hall–Kier alpha value is -0.610. The molecule has 1 amide bonds. The molecule has 0 bridgehead atoms. The molecule has 0 saturated carbocycles. The Morgan fingerprint density at radius 3 is 2.85 bits per heavy atom. The molecule has 0 aliphatic carbocycles. The molecule has 4 heteroatoms. The van der Waals surface area contributed by atoms with Gasteiger partial charge in [0.1, 0.15) is 6.10 Å². The van der Waals surface area contributed by atoms with Crippen molar-refractivity contribution in [2.45, 2.75) is 32.8 Å². The first-order chi connectivity index (χ1) is 6.22. The molecule has 0 radical (unpaired) electrons. The summed E-state index contributed by atoms with van der Waals surface area (Å²) in [5.74, 6) is -0.0427. The molecule has 0 aromatic rings. The highest BCUT2D eigenvalue weighted by Crippen LogP contribution is 1.92. The fraction of sp³-hybridized carbons (Fsp3) is 0.889. The van der Waals surface area contributed by atoms with Gasteiger partial charge in [0.05, 0.1) is 0 Å². The van der Waals surface area contributed by atoms with E-state index in [1.165, 1.54) is 0 Å². The molecule has 1 atom stereocenters. The molecule has 0 aliphatic heterocycles. The van der Waals surface area contributed by atoms with Gasteiger partial charge < -0.3 is 15.8 Å². The van der Waals surface area contributed by atoms with Crippen LogP contribution in [0.4, 0.5) is 0 Å². The summed E-state index contributed by atoms with van der Waals surface area (Å²) < 4.78 is 5.25. The Bertz CT molecular complexity index is 140. The first-order valence-corrected chi connectivity index (χ1v) is 4.81. The van der Waals surface area contributed by atoms with E-state index in [0.29, 0.717) is 19.7 Å². The lowest BCUT2D eigenvalue weighted by molar-refractivity contribution is -0.131. The molecule has 4 nitrogen and oxygen atoms in total. The van der Waals surface area contributed by atoms with Gasteiger partial charge in [-0.25, -0.2) is 0 Å². The van der Waals surface area contributed by atoms with Gasteiger partial charge in [-0.05, 0) is 26.3 Å². The van der Waals surface area contributed by atoms with E-state index >= 15 is 0 Å². The average Bonchev–Trinajstić information content (AvgIpc) is 2.14. The van der Waals surface area contributed by atoms with Crippen molar-refractivity contribution in [3.05, 3.63) is 0 Å². The molecule has 0 aromatic heterocycles. The summed E-state index contributed by atoms with van der Waals surface area (Å²) in [6, 6.07) is 0. The lowest BCUT2D eigenvalue weighted by Crippen LogP contribution is -2.35. The van der Waals surface area contributed by atoms with Gasteiger partial charge in [-0.15, -0.1) is 0 Å². The molecule has 0 aliphatic rings. The monoisotopic (exact) mass is 188 g/mol. The molecule has 1 unspecified atom stereocenters. The first kappa shape index (κ1) is 12.4. The van der Waals surface area contributed by atoms with Crippen molar-refractivity contribution >= 4 is 5.91 Å². The number of nitrogens with one attached hydrogen (secondary N) is 1.